The van der Waals surface area contributed by atoms with E-state index in [-0.39, 0.29) is 0 Å². The van der Waals surface area contributed by atoms with Gasteiger partial charge in [0.2, 0.25) is 0 Å². The molecule has 1 aliphatic rings. The third kappa shape index (κ3) is 2.13. The Hall–Kier alpha value is -0.670. The van der Waals surface area contributed by atoms with E-state index in [0.29, 0.717) is 0 Å². The highest BCUT2D eigenvalue weighted by Gasteiger charge is 2.17. The molecule has 2 N–H and O–H groups in total. The van der Waals surface area contributed by atoms with Crippen LogP contribution in [0.4, 0.5) is 5.69 Å². The standard InChI is InChI=1S/C12H18N2S/c1-9-7-11-12(8-10(9)2)15-6-5-14(11)4-3-13/h7-8H,3-6,13H2,1-2H3. The van der Waals surface area contributed by atoms with Crippen molar-refractivity contribution < 1.29 is 0 Å². The Labute approximate surface area is 95.8 Å². The summed E-state index contributed by atoms with van der Waals surface area (Å²) in [5.41, 5.74) is 9.77. The van der Waals surface area contributed by atoms with Gasteiger partial charge in [0.1, 0.15) is 0 Å². The van der Waals surface area contributed by atoms with E-state index in [0.717, 1.165) is 19.6 Å². The molecule has 2 rings (SSSR count). The Morgan fingerprint density at radius 2 is 2.07 bits per heavy atom. The smallest absolute Gasteiger partial charge is 0.0507 e. The van der Waals surface area contributed by atoms with Gasteiger partial charge in [-0.1, -0.05) is 0 Å². The lowest BCUT2D eigenvalue weighted by atomic mass is 10.1. The molecule has 0 unspecified atom stereocenters. The second kappa shape index (κ2) is 4.45. The largest absolute Gasteiger partial charge is 0.369 e. The van der Waals surface area contributed by atoms with Gasteiger partial charge < -0.3 is 10.6 Å². The van der Waals surface area contributed by atoms with E-state index in [1.807, 2.05) is 11.8 Å². The molecule has 82 valence electrons. The second-order valence-corrected chi connectivity index (χ2v) is 5.17. The Kier molecular flexibility index (Phi) is 3.22. The van der Waals surface area contributed by atoms with E-state index in [1.165, 1.54) is 27.5 Å². The zero-order valence-corrected chi connectivity index (χ0v) is 10.2. The van der Waals surface area contributed by atoms with Gasteiger partial charge >= 0.3 is 0 Å². The number of anilines is 1. The summed E-state index contributed by atoms with van der Waals surface area (Å²) in [6.45, 7) is 7.18. The third-order valence-electron chi connectivity index (χ3n) is 2.93. The van der Waals surface area contributed by atoms with Gasteiger partial charge in [0.25, 0.3) is 0 Å². The number of hydrogen-bond acceptors (Lipinski definition) is 3. The number of aryl methyl sites for hydroxylation is 2. The molecule has 1 aromatic rings. The summed E-state index contributed by atoms with van der Waals surface area (Å²) in [6, 6.07) is 4.60. The van der Waals surface area contributed by atoms with E-state index in [2.05, 4.69) is 30.9 Å². The maximum atomic E-state index is 5.64. The fourth-order valence-corrected chi connectivity index (χ4v) is 3.04. The molecular weight excluding hydrogens is 204 g/mol. The highest BCUT2D eigenvalue weighted by molar-refractivity contribution is 7.99. The maximum Gasteiger partial charge on any atom is 0.0507 e. The van der Waals surface area contributed by atoms with Crippen molar-refractivity contribution in [1.29, 1.82) is 0 Å². The zero-order chi connectivity index (χ0) is 10.8. The lowest BCUT2D eigenvalue weighted by Crippen LogP contribution is -2.33. The van der Waals surface area contributed by atoms with Crippen molar-refractivity contribution >= 4 is 17.4 Å². The molecule has 0 saturated heterocycles. The normalized spacial score (nSPS) is 15.3. The van der Waals surface area contributed by atoms with Crippen LogP contribution in [0.3, 0.4) is 0 Å². The van der Waals surface area contributed by atoms with Gasteiger partial charge in [-0.25, -0.2) is 0 Å². The van der Waals surface area contributed by atoms with E-state index in [4.69, 9.17) is 5.73 Å². The summed E-state index contributed by atoms with van der Waals surface area (Å²) < 4.78 is 0. The first-order chi connectivity index (χ1) is 7.22. The molecule has 0 radical (unpaired) electrons. The van der Waals surface area contributed by atoms with Crippen LogP contribution in [-0.2, 0) is 0 Å². The summed E-state index contributed by atoms with van der Waals surface area (Å²) in [7, 11) is 0. The molecule has 0 fully saturated rings. The molecular formula is C12H18N2S. The van der Waals surface area contributed by atoms with Crippen LogP contribution >= 0.6 is 11.8 Å². The lowest BCUT2D eigenvalue weighted by Gasteiger charge is -2.31. The van der Waals surface area contributed by atoms with Crippen LogP contribution in [0.5, 0.6) is 0 Å². The van der Waals surface area contributed by atoms with Gasteiger partial charge in [-0.3, -0.25) is 0 Å². The Bertz CT molecular complexity index is 363. The Morgan fingerprint density at radius 3 is 2.80 bits per heavy atom. The van der Waals surface area contributed by atoms with Gasteiger partial charge in [-0.15, -0.1) is 11.8 Å². The molecule has 0 bridgehead atoms. The highest BCUT2D eigenvalue weighted by Crippen LogP contribution is 2.36. The summed E-state index contributed by atoms with van der Waals surface area (Å²) in [4.78, 5) is 3.82. The molecule has 3 heteroatoms. The molecule has 1 heterocycles. The van der Waals surface area contributed by atoms with E-state index < -0.39 is 0 Å². The van der Waals surface area contributed by atoms with Crippen molar-refractivity contribution in [3.8, 4) is 0 Å². The molecule has 0 atom stereocenters. The van der Waals surface area contributed by atoms with Gasteiger partial charge in [-0.05, 0) is 37.1 Å². The number of nitrogens with zero attached hydrogens (tertiary/aromatic N) is 1. The van der Waals surface area contributed by atoms with Crippen LogP contribution in [0.25, 0.3) is 0 Å². The van der Waals surface area contributed by atoms with Crippen molar-refractivity contribution in [3.05, 3.63) is 23.3 Å². The molecule has 0 spiro atoms. The van der Waals surface area contributed by atoms with Gasteiger partial charge in [0.15, 0.2) is 0 Å². The summed E-state index contributed by atoms with van der Waals surface area (Å²) >= 11 is 1.96. The second-order valence-electron chi connectivity index (χ2n) is 4.03. The van der Waals surface area contributed by atoms with Crippen LogP contribution < -0.4 is 10.6 Å². The summed E-state index contributed by atoms with van der Waals surface area (Å²) in [5.74, 6) is 1.18. The fourth-order valence-electron chi connectivity index (χ4n) is 1.91. The number of nitrogens with two attached hydrogens (primary N) is 1. The van der Waals surface area contributed by atoms with Crippen molar-refractivity contribution in [2.24, 2.45) is 5.73 Å². The SMILES string of the molecule is Cc1cc2c(cc1C)N(CCN)CCS2. The Morgan fingerprint density at radius 1 is 1.33 bits per heavy atom. The number of thioether (sulfide) groups is 1. The first-order valence-corrected chi connectivity index (χ1v) is 6.40. The van der Waals surface area contributed by atoms with Crippen molar-refractivity contribution in [3.63, 3.8) is 0 Å². The molecule has 0 aliphatic carbocycles. The van der Waals surface area contributed by atoms with Crippen LogP contribution in [0, 0.1) is 13.8 Å². The minimum absolute atomic E-state index is 0.733. The number of fused-ring (bicyclic) bond motifs is 1. The van der Waals surface area contributed by atoms with Crippen molar-refractivity contribution in [1.82, 2.24) is 0 Å². The quantitative estimate of drug-likeness (QED) is 0.831. The molecule has 1 aliphatic heterocycles. The average molecular weight is 222 g/mol. The molecule has 2 nitrogen and oxygen atoms in total. The predicted molar refractivity (Wildman–Crippen MR) is 67.9 cm³/mol. The average Bonchev–Trinajstić information content (AvgIpc) is 2.21. The summed E-state index contributed by atoms with van der Waals surface area (Å²) in [6.07, 6.45) is 0. The third-order valence-corrected chi connectivity index (χ3v) is 3.96. The topological polar surface area (TPSA) is 29.3 Å². The maximum absolute atomic E-state index is 5.64. The van der Waals surface area contributed by atoms with Crippen LogP contribution in [0.2, 0.25) is 0 Å². The molecule has 1 aromatic carbocycles. The predicted octanol–water partition coefficient (Wildman–Crippen LogP) is 2.17. The van der Waals surface area contributed by atoms with Crippen LogP contribution in [0.15, 0.2) is 17.0 Å². The van der Waals surface area contributed by atoms with Gasteiger partial charge in [0, 0.05) is 30.3 Å². The van der Waals surface area contributed by atoms with Crippen molar-refractivity contribution in [2.45, 2.75) is 18.7 Å². The monoisotopic (exact) mass is 222 g/mol. The fraction of sp³-hybridized carbons (Fsp3) is 0.500. The first kappa shape index (κ1) is 10.8. The summed E-state index contributed by atoms with van der Waals surface area (Å²) in [5, 5.41) is 0. The highest BCUT2D eigenvalue weighted by atomic mass is 32.2. The van der Waals surface area contributed by atoms with Crippen LogP contribution in [0.1, 0.15) is 11.1 Å². The van der Waals surface area contributed by atoms with E-state index in [9.17, 15) is 0 Å². The first-order valence-electron chi connectivity index (χ1n) is 5.41. The van der Waals surface area contributed by atoms with Crippen molar-refractivity contribution in [2.75, 3.05) is 30.3 Å². The molecule has 0 amide bonds. The number of benzene rings is 1. The number of rotatable bonds is 2. The van der Waals surface area contributed by atoms with Gasteiger partial charge in [0.05, 0.1) is 5.69 Å². The minimum Gasteiger partial charge on any atom is -0.369 e. The lowest BCUT2D eigenvalue weighted by molar-refractivity contribution is 0.803. The van der Waals surface area contributed by atoms with Crippen LogP contribution in [-0.4, -0.2) is 25.4 Å². The van der Waals surface area contributed by atoms with Gasteiger partial charge in [-0.2, -0.15) is 0 Å². The molecule has 0 aromatic heterocycles. The zero-order valence-electron chi connectivity index (χ0n) is 9.42. The minimum atomic E-state index is 0.733. The molecule has 0 saturated carbocycles. The van der Waals surface area contributed by atoms with E-state index in [1.54, 1.807) is 0 Å². The molecule has 15 heavy (non-hydrogen) atoms. The Balaban J connectivity index is 2.38. The van der Waals surface area contributed by atoms with E-state index >= 15 is 0 Å². The number of hydrogen-bond donors (Lipinski definition) is 1.